The molecule has 0 radical (unpaired) electrons. The minimum atomic E-state index is -0.407. The number of hydrogen-bond acceptors (Lipinski definition) is 2. The van der Waals surface area contributed by atoms with Crippen molar-refractivity contribution < 1.29 is 11.3 Å². The fraction of sp³-hybridized carbons (Fsp3) is 0. The molecule has 0 aliphatic rings. The van der Waals surface area contributed by atoms with Crippen molar-refractivity contribution in [2.24, 2.45) is 0 Å². The van der Waals surface area contributed by atoms with Gasteiger partial charge in [0.1, 0.15) is 11.2 Å². The Kier molecular flexibility index (Phi) is 6.25. The third-order valence-corrected chi connectivity index (χ3v) is 9.14. The molecule has 0 unspecified atom stereocenters. The van der Waals surface area contributed by atoms with Gasteiger partial charge in [-0.25, -0.2) is 0 Å². The summed E-state index contributed by atoms with van der Waals surface area (Å²) in [6, 6.07) is 56.1. The van der Waals surface area contributed by atoms with Crippen LogP contribution in [0.2, 0.25) is 0 Å². The molecule has 0 aliphatic heterocycles. The first kappa shape index (κ1) is 24.5. The maximum Gasteiger partial charge on any atom is 0.135 e. The average molecular weight is 645 g/mol. The number of furan rings is 1. The first-order chi connectivity index (χ1) is 26.8. The standard InChI is InChI=1S/C48H33NO/c1-4-12-34(13-5-1)37-20-25-42(26-21-37)49(44-31-40(35-14-6-2-7-15-35)30-41(32-44)36-16-8-3-9-17-36)43-27-22-38(23-28-43)39-24-29-48-46(33-39)45-18-10-11-19-47(45)50-48/h1-33H/i1D,4D,5D,12D,13D. The SMILES string of the molecule is [2H]c1c([2H])c([2H])c(-c2ccc(N(c3ccc(-c4ccc5oc6ccccc6c5c4)cc3)c3cc(-c4ccccc4)cc(-c4ccccc4)c3)cc2)c([2H])c1[2H]. The lowest BCUT2D eigenvalue weighted by Crippen LogP contribution is -2.10. The lowest BCUT2D eigenvalue weighted by Gasteiger charge is -2.27. The van der Waals surface area contributed by atoms with Crippen LogP contribution in [0.4, 0.5) is 17.1 Å². The van der Waals surface area contributed by atoms with Crippen molar-refractivity contribution in [3.05, 3.63) is 200 Å². The van der Waals surface area contributed by atoms with Gasteiger partial charge in [0.15, 0.2) is 0 Å². The Morgan fingerprint density at radius 1 is 0.340 bits per heavy atom. The Labute approximate surface area is 299 Å². The van der Waals surface area contributed by atoms with E-state index < -0.39 is 6.04 Å². The molecule has 1 heterocycles. The van der Waals surface area contributed by atoms with Crippen LogP contribution in [0.1, 0.15) is 6.85 Å². The highest BCUT2D eigenvalue weighted by Gasteiger charge is 2.17. The van der Waals surface area contributed by atoms with E-state index in [1.165, 1.54) is 0 Å². The average Bonchev–Trinajstić information content (AvgIpc) is 3.62. The highest BCUT2D eigenvalue weighted by molar-refractivity contribution is 6.06. The van der Waals surface area contributed by atoms with Gasteiger partial charge < -0.3 is 9.32 Å². The zero-order valence-electron chi connectivity index (χ0n) is 32.0. The number of fused-ring (bicyclic) bond motifs is 3. The molecule has 9 aromatic rings. The summed E-state index contributed by atoms with van der Waals surface area (Å²) in [5, 5.41) is 2.16. The van der Waals surface area contributed by atoms with Crippen molar-refractivity contribution in [3.63, 3.8) is 0 Å². The number of nitrogens with zero attached hydrogens (tertiary/aromatic N) is 1. The van der Waals surface area contributed by atoms with E-state index in [9.17, 15) is 0 Å². The maximum atomic E-state index is 8.57. The minimum absolute atomic E-state index is 0.174. The third kappa shape index (κ3) is 5.63. The Morgan fingerprint density at radius 2 is 0.840 bits per heavy atom. The minimum Gasteiger partial charge on any atom is -0.456 e. The normalized spacial score (nSPS) is 12.6. The van der Waals surface area contributed by atoms with Gasteiger partial charge in [0, 0.05) is 27.8 Å². The predicted molar refractivity (Wildman–Crippen MR) is 210 cm³/mol. The first-order valence-corrected chi connectivity index (χ1v) is 16.6. The fourth-order valence-corrected chi connectivity index (χ4v) is 6.66. The van der Waals surface area contributed by atoms with Crippen LogP contribution in [0.5, 0.6) is 0 Å². The van der Waals surface area contributed by atoms with E-state index in [0.29, 0.717) is 5.56 Å². The highest BCUT2D eigenvalue weighted by Crippen LogP contribution is 2.41. The number of anilines is 3. The quantitative estimate of drug-likeness (QED) is 0.172. The van der Waals surface area contributed by atoms with Crippen LogP contribution in [-0.4, -0.2) is 0 Å². The number of benzene rings is 8. The lowest BCUT2D eigenvalue weighted by atomic mass is 9.97. The summed E-state index contributed by atoms with van der Waals surface area (Å²) >= 11 is 0. The third-order valence-electron chi connectivity index (χ3n) is 9.14. The molecule has 0 saturated carbocycles. The molecule has 2 heteroatoms. The zero-order valence-corrected chi connectivity index (χ0v) is 27.0. The zero-order chi connectivity index (χ0) is 37.6. The molecule has 2 nitrogen and oxygen atoms in total. The molecule has 8 aromatic carbocycles. The number of hydrogen-bond donors (Lipinski definition) is 0. The van der Waals surface area contributed by atoms with Crippen LogP contribution < -0.4 is 4.90 Å². The first-order valence-electron chi connectivity index (χ1n) is 19.1. The van der Waals surface area contributed by atoms with Gasteiger partial charge in [-0.2, -0.15) is 0 Å². The molecule has 0 saturated heterocycles. The molecular weight excluding hydrogens is 607 g/mol. The van der Waals surface area contributed by atoms with Crippen LogP contribution in [0.3, 0.4) is 0 Å². The van der Waals surface area contributed by atoms with Crippen molar-refractivity contribution >= 4 is 39.0 Å². The summed E-state index contributed by atoms with van der Waals surface area (Å²) in [7, 11) is 0. The summed E-state index contributed by atoms with van der Waals surface area (Å²) in [5.41, 5.74) is 11.6. The molecule has 0 bridgehead atoms. The van der Waals surface area contributed by atoms with E-state index >= 15 is 0 Å². The summed E-state index contributed by atoms with van der Waals surface area (Å²) in [6.07, 6.45) is 0. The van der Waals surface area contributed by atoms with Gasteiger partial charge in [0.25, 0.3) is 0 Å². The van der Waals surface area contributed by atoms with E-state index in [4.69, 9.17) is 11.3 Å². The number of para-hydroxylation sites is 1. The smallest absolute Gasteiger partial charge is 0.135 e. The molecule has 0 N–H and O–H groups in total. The molecule has 0 atom stereocenters. The molecule has 0 spiro atoms. The van der Waals surface area contributed by atoms with Crippen LogP contribution in [0.15, 0.2) is 204 Å². The van der Waals surface area contributed by atoms with Crippen LogP contribution in [-0.2, 0) is 0 Å². The van der Waals surface area contributed by atoms with Crippen LogP contribution in [0, 0.1) is 0 Å². The summed E-state index contributed by atoms with van der Waals surface area (Å²) in [5.74, 6) is 0. The van der Waals surface area contributed by atoms with E-state index in [1.807, 2.05) is 84.9 Å². The van der Waals surface area contributed by atoms with Crippen molar-refractivity contribution in [1.29, 1.82) is 0 Å². The van der Waals surface area contributed by atoms with E-state index in [2.05, 4.69) is 89.8 Å². The van der Waals surface area contributed by atoms with Gasteiger partial charge in [-0.05, 0) is 105 Å². The Bertz CT molecular complexity index is 2770. The largest absolute Gasteiger partial charge is 0.456 e. The maximum absolute atomic E-state index is 8.57. The van der Waals surface area contributed by atoms with Crippen LogP contribution in [0.25, 0.3) is 66.4 Å². The Morgan fingerprint density at radius 3 is 1.46 bits per heavy atom. The molecule has 0 aliphatic carbocycles. The molecule has 0 fully saturated rings. The predicted octanol–water partition coefficient (Wildman–Crippen LogP) is 13.7. The fourth-order valence-electron chi connectivity index (χ4n) is 6.66. The summed E-state index contributed by atoms with van der Waals surface area (Å²) in [4.78, 5) is 2.20. The second-order valence-electron chi connectivity index (χ2n) is 12.2. The monoisotopic (exact) mass is 644 g/mol. The van der Waals surface area contributed by atoms with Gasteiger partial charge >= 0.3 is 0 Å². The van der Waals surface area contributed by atoms with Gasteiger partial charge in [-0.15, -0.1) is 0 Å². The molecular formula is C48H33NO. The molecule has 0 amide bonds. The number of rotatable bonds is 7. The van der Waals surface area contributed by atoms with Crippen molar-refractivity contribution in [3.8, 4) is 44.5 Å². The Balaban J connectivity index is 1.19. The van der Waals surface area contributed by atoms with Gasteiger partial charge in [0.05, 0.1) is 6.85 Å². The van der Waals surface area contributed by atoms with E-state index in [-0.39, 0.29) is 29.7 Å². The molecule has 236 valence electrons. The van der Waals surface area contributed by atoms with E-state index in [1.54, 1.807) is 0 Å². The summed E-state index contributed by atoms with van der Waals surface area (Å²) < 4.78 is 47.7. The van der Waals surface area contributed by atoms with Crippen LogP contribution >= 0.6 is 0 Å². The summed E-state index contributed by atoms with van der Waals surface area (Å²) in [6.45, 7) is 0. The van der Waals surface area contributed by atoms with Gasteiger partial charge in [-0.3, -0.25) is 0 Å². The topological polar surface area (TPSA) is 16.4 Å². The Hall–Kier alpha value is -6.64. The second kappa shape index (κ2) is 12.8. The van der Waals surface area contributed by atoms with Crippen molar-refractivity contribution in [1.82, 2.24) is 0 Å². The van der Waals surface area contributed by atoms with Crippen molar-refractivity contribution in [2.45, 2.75) is 0 Å². The molecule has 9 rings (SSSR count). The van der Waals surface area contributed by atoms with E-state index in [0.717, 1.165) is 72.4 Å². The second-order valence-corrected chi connectivity index (χ2v) is 12.2. The molecule has 50 heavy (non-hydrogen) atoms. The van der Waals surface area contributed by atoms with Crippen molar-refractivity contribution in [2.75, 3.05) is 4.90 Å². The lowest BCUT2D eigenvalue weighted by molar-refractivity contribution is 0.669. The molecule has 1 aromatic heterocycles. The van der Waals surface area contributed by atoms with Gasteiger partial charge in [0.2, 0.25) is 0 Å². The highest BCUT2D eigenvalue weighted by atomic mass is 16.3. The van der Waals surface area contributed by atoms with Gasteiger partial charge in [-0.1, -0.05) is 139 Å².